The van der Waals surface area contributed by atoms with Crippen LogP contribution < -0.4 is 5.32 Å². The maximum Gasteiger partial charge on any atom is 0.413 e. The highest BCUT2D eigenvalue weighted by Gasteiger charge is 2.67. The Balaban J connectivity index is 1.83. The van der Waals surface area contributed by atoms with Gasteiger partial charge in [-0.2, -0.15) is 10.4 Å². The molecular formula is C22H13Cl2F7N4O4S. The summed E-state index contributed by atoms with van der Waals surface area (Å²) in [5.74, 6) is -4.62. The third-order valence-corrected chi connectivity index (χ3v) is 8.07. The van der Waals surface area contributed by atoms with E-state index in [2.05, 4.69) is 10.4 Å². The van der Waals surface area contributed by atoms with E-state index >= 15 is 0 Å². The number of hydrogen-bond donors (Lipinski definition) is 2. The molecule has 0 spiro atoms. The van der Waals surface area contributed by atoms with Gasteiger partial charge in [-0.15, -0.1) is 0 Å². The van der Waals surface area contributed by atoms with E-state index in [0.29, 0.717) is 10.7 Å². The third kappa shape index (κ3) is 5.23. The van der Waals surface area contributed by atoms with Gasteiger partial charge in [0, 0.05) is 5.56 Å². The number of halogens is 9. The monoisotopic (exact) mass is 632 g/mol. The summed E-state index contributed by atoms with van der Waals surface area (Å²) in [6.45, 7) is -0.820. The Kier molecular flexibility index (Phi) is 6.53. The molecule has 4 rings (SSSR count). The fraction of sp³-hybridized carbons (Fsp3) is 0.182. The molecule has 0 aliphatic heterocycles. The van der Waals surface area contributed by atoms with Crippen molar-refractivity contribution in [1.82, 2.24) is 9.78 Å². The van der Waals surface area contributed by atoms with Gasteiger partial charge in [0.05, 0.1) is 26.7 Å². The molecule has 0 unspecified atom stereocenters. The molecule has 2 N–H and O–H groups in total. The lowest BCUT2D eigenvalue weighted by Crippen LogP contribution is -2.24. The van der Waals surface area contributed by atoms with Crippen LogP contribution in [0.25, 0.3) is 5.69 Å². The van der Waals surface area contributed by atoms with Crippen molar-refractivity contribution in [3.8, 4) is 11.8 Å². The Morgan fingerprint density at radius 1 is 1.12 bits per heavy atom. The van der Waals surface area contributed by atoms with Crippen LogP contribution in [0.1, 0.15) is 29.7 Å². The van der Waals surface area contributed by atoms with E-state index in [1.54, 1.807) is 6.07 Å². The van der Waals surface area contributed by atoms with Gasteiger partial charge in [-0.1, -0.05) is 54.8 Å². The second kappa shape index (κ2) is 8.91. The smallest absolute Gasteiger partial charge is 0.413 e. The Bertz CT molecular complexity index is 1640. The van der Waals surface area contributed by atoms with Crippen LogP contribution in [0.5, 0.6) is 0 Å². The molecule has 1 heterocycles. The topological polar surface area (TPSA) is 117 Å². The summed E-state index contributed by atoms with van der Waals surface area (Å²) in [7, 11) is -10.3. The molecule has 8 nitrogen and oxygen atoms in total. The van der Waals surface area contributed by atoms with Gasteiger partial charge in [-0.3, -0.25) is 10.1 Å². The number of amides is 1. The van der Waals surface area contributed by atoms with Crippen LogP contribution >= 0.6 is 33.4 Å². The summed E-state index contributed by atoms with van der Waals surface area (Å²) in [6.07, 6.45) is -1.50. The maximum absolute atomic E-state index is 13.9. The first-order chi connectivity index (χ1) is 18.3. The van der Waals surface area contributed by atoms with Crippen molar-refractivity contribution in [2.75, 3.05) is 5.32 Å². The van der Waals surface area contributed by atoms with Gasteiger partial charge >= 0.3 is 22.3 Å². The molecule has 1 saturated carbocycles. The second-order valence-corrected chi connectivity index (χ2v) is 11.7. The van der Waals surface area contributed by atoms with Crippen LogP contribution in [0.15, 0.2) is 35.2 Å². The molecule has 1 aliphatic rings. The first-order valence-corrected chi connectivity index (χ1v) is 13.4. The summed E-state index contributed by atoms with van der Waals surface area (Å²) in [5, 5.41) is 22.6. The van der Waals surface area contributed by atoms with Crippen LogP contribution in [0.3, 0.4) is 0 Å². The molecule has 1 aromatic heterocycles. The van der Waals surface area contributed by atoms with E-state index in [1.165, 1.54) is 0 Å². The number of hydrogen-bond acceptors (Lipinski definition) is 5. The van der Waals surface area contributed by atoms with E-state index < -0.39 is 78.1 Å². The lowest BCUT2D eigenvalue weighted by atomic mass is 9.95. The number of carboxylic acids is 1. The lowest BCUT2D eigenvalue weighted by molar-refractivity contribution is -0.140. The summed E-state index contributed by atoms with van der Waals surface area (Å²) < 4.78 is 99.9. The van der Waals surface area contributed by atoms with Crippen molar-refractivity contribution in [1.29, 1.82) is 5.26 Å². The van der Waals surface area contributed by atoms with E-state index in [1.807, 2.05) is 0 Å². The number of carbonyl (C=O) groups is 2. The summed E-state index contributed by atoms with van der Waals surface area (Å²) in [6, 6.07) is 4.99. The molecule has 3 aromatic rings. The number of ether oxygens (including phenoxy) is 1. The molecule has 1 amide bonds. The van der Waals surface area contributed by atoms with Gasteiger partial charge in [-0.25, -0.2) is 18.3 Å². The fourth-order valence-corrected chi connectivity index (χ4v) is 5.52. The van der Waals surface area contributed by atoms with Crippen LogP contribution in [-0.4, -0.2) is 26.9 Å². The third-order valence-electron chi connectivity index (χ3n) is 5.91. The second-order valence-electron chi connectivity index (χ2n) is 8.58. The highest BCUT2D eigenvalue weighted by Crippen LogP contribution is 3.02. The van der Waals surface area contributed by atoms with Gasteiger partial charge in [-0.05, 0) is 31.0 Å². The maximum atomic E-state index is 13.9. The highest BCUT2D eigenvalue weighted by atomic mass is 35.5. The SMILES string of the molecule is N#Cc1nn(-c2ccc(S(F)(F)(F)(F)F)c(Cl)c2Cl)c(NC(=O)OCc2cccc(F)c2F)c1C1(C(=O)O)CC1. The average molecular weight is 633 g/mol. The van der Waals surface area contributed by atoms with Crippen LogP contribution in [0.2, 0.25) is 10.0 Å². The van der Waals surface area contributed by atoms with Crippen LogP contribution in [0.4, 0.5) is 38.8 Å². The Morgan fingerprint density at radius 3 is 2.33 bits per heavy atom. The van der Waals surface area contributed by atoms with E-state index in [9.17, 15) is 48.2 Å². The zero-order valence-corrected chi connectivity index (χ0v) is 21.7. The van der Waals surface area contributed by atoms with Crippen molar-refractivity contribution < 1.29 is 47.6 Å². The molecule has 2 aromatic carbocycles. The van der Waals surface area contributed by atoms with Crippen molar-refractivity contribution in [2.24, 2.45) is 0 Å². The number of aliphatic carboxylic acids is 1. The summed E-state index contributed by atoms with van der Waals surface area (Å²) in [5.41, 5.74) is -3.78. The molecule has 0 saturated heterocycles. The predicted molar refractivity (Wildman–Crippen MR) is 128 cm³/mol. The van der Waals surface area contributed by atoms with Gasteiger partial charge < -0.3 is 9.84 Å². The largest absolute Gasteiger partial charge is 0.481 e. The number of rotatable bonds is 7. The fourth-order valence-electron chi connectivity index (χ4n) is 3.85. The first-order valence-electron chi connectivity index (χ1n) is 10.7. The Labute approximate surface area is 229 Å². The van der Waals surface area contributed by atoms with Gasteiger partial charge in [0.2, 0.25) is 0 Å². The van der Waals surface area contributed by atoms with Crippen molar-refractivity contribution in [2.45, 2.75) is 29.8 Å². The Morgan fingerprint density at radius 2 is 1.77 bits per heavy atom. The number of nitriles is 1. The van der Waals surface area contributed by atoms with E-state index in [4.69, 9.17) is 27.9 Å². The minimum atomic E-state index is -10.3. The first kappa shape index (κ1) is 29.3. The number of benzene rings is 2. The number of carboxylic acid groups (broad SMARTS) is 1. The van der Waals surface area contributed by atoms with Crippen molar-refractivity contribution >= 4 is 51.3 Å². The Hall–Kier alpha value is -3.68. The zero-order valence-electron chi connectivity index (χ0n) is 19.3. The van der Waals surface area contributed by atoms with E-state index in [0.717, 1.165) is 18.2 Å². The van der Waals surface area contributed by atoms with Crippen LogP contribution in [-0.2, 0) is 21.6 Å². The van der Waals surface area contributed by atoms with Gasteiger partial charge in [0.15, 0.2) is 17.3 Å². The predicted octanol–water partition coefficient (Wildman–Crippen LogP) is 7.85. The molecule has 1 aliphatic carbocycles. The summed E-state index contributed by atoms with van der Waals surface area (Å²) in [4.78, 5) is 22.2. The number of nitrogens with zero attached hydrogens (tertiary/aromatic N) is 3. The van der Waals surface area contributed by atoms with Crippen molar-refractivity contribution in [3.05, 3.63) is 68.8 Å². The van der Waals surface area contributed by atoms with Gasteiger partial charge in [0.1, 0.15) is 23.4 Å². The number of carbonyl (C=O) groups excluding carboxylic acids is 1. The molecule has 0 atom stereocenters. The number of aromatic nitrogens is 2. The zero-order chi connectivity index (χ0) is 29.9. The molecular weight excluding hydrogens is 620 g/mol. The minimum Gasteiger partial charge on any atom is -0.481 e. The molecule has 40 heavy (non-hydrogen) atoms. The molecule has 0 bridgehead atoms. The molecule has 1 fully saturated rings. The lowest BCUT2D eigenvalue weighted by Gasteiger charge is -2.41. The quantitative estimate of drug-likeness (QED) is 0.256. The van der Waals surface area contributed by atoms with Crippen molar-refractivity contribution in [3.63, 3.8) is 0 Å². The van der Waals surface area contributed by atoms with Gasteiger partial charge in [0.25, 0.3) is 0 Å². The molecule has 0 radical (unpaired) electrons. The number of nitrogens with one attached hydrogen (secondary N) is 1. The molecule has 214 valence electrons. The average Bonchev–Trinajstić information content (AvgIpc) is 3.57. The number of anilines is 1. The van der Waals surface area contributed by atoms with Crippen LogP contribution in [0, 0.1) is 23.0 Å². The molecule has 18 heteroatoms. The standard InChI is InChI=1S/C22H13Cl2F7N4O4S/c23-16-13(4-5-14(17(16)24)40(27,28,29,30)31)35-19(15(12(8-32)34-35)22(6-7-22)20(36)37)33-21(38)39-9-10-2-1-3-11(25)18(10)26/h1-5H,6-7,9H2,(H,33,38)(H,36,37). The summed E-state index contributed by atoms with van der Waals surface area (Å²) >= 11 is 11.5. The minimum absolute atomic E-state index is 0.0431. The normalized spacial score (nSPS) is 15.9. The highest BCUT2D eigenvalue weighted by molar-refractivity contribution is 8.45. The van der Waals surface area contributed by atoms with E-state index in [-0.39, 0.29) is 30.0 Å².